The number of likely N-dealkylation sites (tertiary alicyclic amines) is 1. The summed E-state index contributed by atoms with van der Waals surface area (Å²) in [5, 5.41) is 2.58. The number of alkyl halides is 3. The normalized spacial score (nSPS) is 20.0. The van der Waals surface area contributed by atoms with Gasteiger partial charge in [-0.2, -0.15) is 13.2 Å². The molecular formula is C16H20F3N3O2. The maximum absolute atomic E-state index is 12.8. The van der Waals surface area contributed by atoms with Gasteiger partial charge in [0, 0.05) is 13.1 Å². The predicted octanol–water partition coefficient (Wildman–Crippen LogP) is 1.66. The van der Waals surface area contributed by atoms with Gasteiger partial charge in [0.2, 0.25) is 11.8 Å². The first-order valence-electron chi connectivity index (χ1n) is 7.69. The number of benzene rings is 1. The van der Waals surface area contributed by atoms with E-state index in [0.717, 1.165) is 12.1 Å². The van der Waals surface area contributed by atoms with Crippen molar-refractivity contribution in [3.05, 3.63) is 35.4 Å². The van der Waals surface area contributed by atoms with Crippen molar-refractivity contribution in [1.82, 2.24) is 10.2 Å². The molecule has 0 aromatic heterocycles. The van der Waals surface area contributed by atoms with Gasteiger partial charge in [0.05, 0.1) is 11.6 Å². The zero-order valence-electron chi connectivity index (χ0n) is 13.3. The number of carbonyl (C=O) groups is 2. The summed E-state index contributed by atoms with van der Waals surface area (Å²) < 4.78 is 38.3. The predicted molar refractivity (Wildman–Crippen MR) is 81.7 cm³/mol. The molecule has 1 unspecified atom stereocenters. The molecule has 0 aliphatic carbocycles. The summed E-state index contributed by atoms with van der Waals surface area (Å²) >= 11 is 0. The molecule has 132 valence electrons. The first-order valence-corrected chi connectivity index (χ1v) is 7.69. The summed E-state index contributed by atoms with van der Waals surface area (Å²) in [4.78, 5) is 25.5. The van der Waals surface area contributed by atoms with Gasteiger partial charge in [0.25, 0.3) is 0 Å². The molecular weight excluding hydrogens is 323 g/mol. The number of halogens is 3. The number of hydrogen-bond donors (Lipinski definition) is 2. The van der Waals surface area contributed by atoms with Gasteiger partial charge in [0.1, 0.15) is 6.04 Å². The summed E-state index contributed by atoms with van der Waals surface area (Å²) in [5.41, 5.74) is 5.13. The zero-order chi connectivity index (χ0) is 17.9. The van der Waals surface area contributed by atoms with E-state index >= 15 is 0 Å². The highest BCUT2D eigenvalue weighted by Crippen LogP contribution is 2.30. The molecule has 0 radical (unpaired) electrons. The van der Waals surface area contributed by atoms with Crippen molar-refractivity contribution in [1.29, 1.82) is 0 Å². The molecule has 2 amide bonds. The minimum Gasteiger partial charge on any atom is -0.343 e. The fourth-order valence-electron chi connectivity index (χ4n) is 2.60. The molecule has 1 aromatic rings. The van der Waals surface area contributed by atoms with E-state index in [4.69, 9.17) is 5.73 Å². The lowest BCUT2D eigenvalue weighted by atomic mass is 10.0. The number of nitrogens with zero attached hydrogens (tertiary/aromatic N) is 1. The maximum atomic E-state index is 12.8. The molecule has 0 saturated carbocycles. The van der Waals surface area contributed by atoms with Gasteiger partial charge in [0.15, 0.2) is 0 Å². The summed E-state index contributed by atoms with van der Waals surface area (Å²) in [6, 6.07) is 3.50. The minimum absolute atomic E-state index is 0.0767. The number of nitrogens with two attached hydrogens (primary N) is 1. The second kappa shape index (κ2) is 7.21. The van der Waals surface area contributed by atoms with E-state index in [1.54, 1.807) is 6.07 Å². The van der Waals surface area contributed by atoms with Crippen molar-refractivity contribution in [2.24, 2.45) is 5.73 Å². The third-order valence-electron chi connectivity index (χ3n) is 3.89. The third-order valence-corrected chi connectivity index (χ3v) is 3.89. The van der Waals surface area contributed by atoms with Gasteiger partial charge in [-0.05, 0) is 37.5 Å². The summed E-state index contributed by atoms with van der Waals surface area (Å²) in [6.45, 7) is 2.04. The molecule has 2 atom stereocenters. The first kappa shape index (κ1) is 18.3. The minimum atomic E-state index is -4.42. The number of nitrogens with one attached hydrogen (secondary N) is 1. The van der Waals surface area contributed by atoms with Crippen molar-refractivity contribution in [3.63, 3.8) is 0 Å². The molecule has 1 aliphatic rings. The van der Waals surface area contributed by atoms with Crippen LogP contribution in [0.1, 0.15) is 30.9 Å². The van der Waals surface area contributed by atoms with Crippen LogP contribution in [-0.4, -0.2) is 35.3 Å². The Kier molecular flexibility index (Phi) is 5.48. The number of carbonyl (C=O) groups excluding carboxylic acids is 2. The quantitative estimate of drug-likeness (QED) is 0.873. The monoisotopic (exact) mass is 343 g/mol. The smallest absolute Gasteiger partial charge is 0.343 e. The third kappa shape index (κ3) is 4.47. The van der Waals surface area contributed by atoms with Gasteiger partial charge in [-0.3, -0.25) is 9.59 Å². The Hall–Kier alpha value is -2.09. The van der Waals surface area contributed by atoms with Gasteiger partial charge in [-0.15, -0.1) is 0 Å². The Balaban J connectivity index is 2.07. The molecule has 5 nitrogen and oxygen atoms in total. The average Bonchev–Trinajstić information content (AvgIpc) is 2.50. The van der Waals surface area contributed by atoms with Crippen LogP contribution in [0.15, 0.2) is 24.3 Å². The summed E-state index contributed by atoms with van der Waals surface area (Å²) in [5.74, 6) is -0.720. The van der Waals surface area contributed by atoms with E-state index < -0.39 is 29.7 Å². The Morgan fingerprint density at radius 3 is 2.79 bits per heavy atom. The fourth-order valence-corrected chi connectivity index (χ4v) is 2.60. The summed E-state index contributed by atoms with van der Waals surface area (Å²) in [7, 11) is 0. The average molecular weight is 343 g/mol. The van der Waals surface area contributed by atoms with Crippen molar-refractivity contribution in [3.8, 4) is 0 Å². The Morgan fingerprint density at radius 1 is 1.46 bits per heavy atom. The van der Waals surface area contributed by atoms with E-state index in [1.165, 1.54) is 17.9 Å². The van der Waals surface area contributed by atoms with Crippen molar-refractivity contribution < 1.29 is 22.8 Å². The van der Waals surface area contributed by atoms with E-state index in [0.29, 0.717) is 24.9 Å². The van der Waals surface area contributed by atoms with Crippen molar-refractivity contribution in [2.45, 2.75) is 44.6 Å². The molecule has 1 heterocycles. The highest BCUT2D eigenvalue weighted by Gasteiger charge is 2.32. The molecule has 0 bridgehead atoms. The number of piperidine rings is 1. The van der Waals surface area contributed by atoms with E-state index in [1.807, 2.05) is 0 Å². The number of hydrogen-bond acceptors (Lipinski definition) is 3. The van der Waals surface area contributed by atoms with Crippen molar-refractivity contribution >= 4 is 11.8 Å². The lowest BCUT2D eigenvalue weighted by Crippen LogP contribution is -2.54. The van der Waals surface area contributed by atoms with Crippen LogP contribution < -0.4 is 11.1 Å². The first-order chi connectivity index (χ1) is 11.2. The largest absolute Gasteiger partial charge is 0.416 e. The second-order valence-corrected chi connectivity index (χ2v) is 5.95. The van der Waals surface area contributed by atoms with Crippen LogP contribution in [0.2, 0.25) is 0 Å². The van der Waals surface area contributed by atoms with Gasteiger partial charge >= 0.3 is 6.18 Å². The fraction of sp³-hybridized carbons (Fsp3) is 0.500. The van der Waals surface area contributed by atoms with Crippen LogP contribution in [0.25, 0.3) is 0 Å². The van der Waals surface area contributed by atoms with Crippen LogP contribution in [0.4, 0.5) is 13.2 Å². The topological polar surface area (TPSA) is 75.4 Å². The van der Waals surface area contributed by atoms with Crippen LogP contribution in [0.5, 0.6) is 0 Å². The van der Waals surface area contributed by atoms with E-state index in [9.17, 15) is 22.8 Å². The molecule has 8 heteroatoms. The number of rotatable bonds is 4. The number of amides is 2. The maximum Gasteiger partial charge on any atom is 0.416 e. The second-order valence-electron chi connectivity index (χ2n) is 5.95. The highest BCUT2D eigenvalue weighted by molar-refractivity contribution is 5.89. The zero-order valence-corrected chi connectivity index (χ0v) is 13.3. The SMILES string of the molecule is C[C@@H](N)C(=O)NC1CCCN(Cc2cccc(C(F)(F)F)c2)C1=O. The van der Waals surface area contributed by atoms with Crippen LogP contribution in [0, 0.1) is 0 Å². The Labute approximate surface area is 138 Å². The lowest BCUT2D eigenvalue weighted by Gasteiger charge is -2.33. The molecule has 1 aromatic carbocycles. The van der Waals surface area contributed by atoms with Crippen LogP contribution in [-0.2, 0) is 22.3 Å². The standard InChI is InChI=1S/C16H20F3N3O2/c1-10(20)14(23)21-13-6-3-7-22(15(13)24)9-11-4-2-5-12(8-11)16(17,18)19/h2,4-5,8,10,13H,3,6-7,9,20H2,1H3,(H,21,23)/t10-,13?/m1/s1. The van der Waals surface area contributed by atoms with Gasteiger partial charge in [-0.25, -0.2) is 0 Å². The molecule has 24 heavy (non-hydrogen) atoms. The molecule has 2 rings (SSSR count). The van der Waals surface area contributed by atoms with E-state index in [2.05, 4.69) is 5.32 Å². The highest BCUT2D eigenvalue weighted by atomic mass is 19.4. The molecule has 3 N–H and O–H groups in total. The van der Waals surface area contributed by atoms with Gasteiger partial charge < -0.3 is 16.0 Å². The molecule has 1 saturated heterocycles. The molecule has 0 spiro atoms. The lowest BCUT2D eigenvalue weighted by molar-refractivity contribution is -0.139. The molecule has 1 aliphatic heterocycles. The Morgan fingerprint density at radius 2 is 2.17 bits per heavy atom. The van der Waals surface area contributed by atoms with Crippen molar-refractivity contribution in [2.75, 3.05) is 6.54 Å². The van der Waals surface area contributed by atoms with Crippen LogP contribution >= 0.6 is 0 Å². The van der Waals surface area contributed by atoms with Crippen LogP contribution in [0.3, 0.4) is 0 Å². The van der Waals surface area contributed by atoms with Gasteiger partial charge in [-0.1, -0.05) is 12.1 Å². The van der Waals surface area contributed by atoms with E-state index in [-0.39, 0.29) is 12.5 Å². The Bertz CT molecular complexity index is 617. The summed E-state index contributed by atoms with van der Waals surface area (Å²) in [6.07, 6.45) is -3.26. The molecule has 1 fully saturated rings.